The van der Waals surface area contributed by atoms with E-state index in [0.717, 1.165) is 32.4 Å². The molecule has 0 aromatic carbocycles. The molecule has 1 aliphatic carbocycles. The van der Waals surface area contributed by atoms with E-state index >= 15 is 0 Å². The van der Waals surface area contributed by atoms with E-state index in [1.54, 1.807) is 0 Å². The minimum atomic E-state index is -2.86. The Bertz CT molecular complexity index is 322. The lowest BCUT2D eigenvalue weighted by Crippen LogP contribution is -2.27. The molecule has 0 spiro atoms. The molecule has 0 amide bonds. The topological polar surface area (TPSA) is 55.4 Å². The maximum Gasteiger partial charge on any atom is 0.151 e. The predicted octanol–water partition coefficient (Wildman–Crippen LogP) is 2.00. The fourth-order valence-corrected chi connectivity index (χ4v) is 4.16. The number of nitrogens with one attached hydrogen (secondary N) is 1. The summed E-state index contributed by atoms with van der Waals surface area (Å²) in [6, 6.07) is 0. The van der Waals surface area contributed by atoms with Crippen molar-refractivity contribution in [2.24, 2.45) is 5.92 Å². The maximum absolute atomic E-state index is 11.9. The molecule has 1 aliphatic rings. The second-order valence-corrected chi connectivity index (χ2v) is 8.02. The summed E-state index contributed by atoms with van der Waals surface area (Å²) in [5.74, 6) is 1.09. The van der Waals surface area contributed by atoms with Crippen LogP contribution in [0.2, 0.25) is 0 Å². The van der Waals surface area contributed by atoms with Gasteiger partial charge in [-0.25, -0.2) is 8.42 Å². The van der Waals surface area contributed by atoms with Gasteiger partial charge in [0.25, 0.3) is 0 Å². The zero-order valence-electron chi connectivity index (χ0n) is 12.4. The Hall–Kier alpha value is -0.130. The third-order valence-corrected chi connectivity index (χ3v) is 5.31. The van der Waals surface area contributed by atoms with Crippen molar-refractivity contribution >= 4 is 9.84 Å². The zero-order valence-corrected chi connectivity index (χ0v) is 13.2. The van der Waals surface area contributed by atoms with Crippen LogP contribution in [-0.4, -0.2) is 45.7 Å². The first kappa shape index (κ1) is 16.9. The third-order valence-electron chi connectivity index (χ3n) is 3.50. The molecule has 1 rings (SSSR count). The lowest BCUT2D eigenvalue weighted by Gasteiger charge is -2.11. The first-order chi connectivity index (χ1) is 8.99. The van der Waals surface area contributed by atoms with Crippen LogP contribution in [0.5, 0.6) is 0 Å². The molecule has 19 heavy (non-hydrogen) atoms. The quantitative estimate of drug-likeness (QED) is 0.626. The van der Waals surface area contributed by atoms with Crippen LogP contribution < -0.4 is 5.32 Å². The lowest BCUT2D eigenvalue weighted by molar-refractivity contribution is 0.0772. The number of sulfone groups is 1. The summed E-state index contributed by atoms with van der Waals surface area (Å²) in [5, 5.41) is 3.18. The molecule has 0 heterocycles. The van der Waals surface area contributed by atoms with Gasteiger partial charge >= 0.3 is 0 Å². The van der Waals surface area contributed by atoms with Gasteiger partial charge < -0.3 is 10.1 Å². The molecule has 0 radical (unpaired) electrons. The summed E-state index contributed by atoms with van der Waals surface area (Å²) in [4.78, 5) is 0. The van der Waals surface area contributed by atoms with Crippen LogP contribution in [0.15, 0.2) is 0 Å². The van der Waals surface area contributed by atoms with Crippen LogP contribution in [0, 0.1) is 5.92 Å². The highest BCUT2D eigenvalue weighted by molar-refractivity contribution is 7.91. The van der Waals surface area contributed by atoms with Crippen molar-refractivity contribution in [3.63, 3.8) is 0 Å². The van der Waals surface area contributed by atoms with E-state index < -0.39 is 9.84 Å². The largest absolute Gasteiger partial charge is 0.379 e. The van der Waals surface area contributed by atoms with Crippen molar-refractivity contribution in [1.82, 2.24) is 5.32 Å². The van der Waals surface area contributed by atoms with Crippen molar-refractivity contribution in [1.29, 1.82) is 0 Å². The molecule has 0 aromatic heterocycles. The zero-order chi connectivity index (χ0) is 14.1. The van der Waals surface area contributed by atoms with Crippen LogP contribution in [0.1, 0.15) is 46.0 Å². The fraction of sp³-hybridized carbons (Fsp3) is 1.00. The summed E-state index contributed by atoms with van der Waals surface area (Å²) in [5.41, 5.74) is 0. The molecule has 0 saturated heterocycles. The third kappa shape index (κ3) is 8.60. The van der Waals surface area contributed by atoms with Gasteiger partial charge in [-0.1, -0.05) is 12.8 Å². The van der Waals surface area contributed by atoms with Crippen LogP contribution in [0.3, 0.4) is 0 Å². The summed E-state index contributed by atoms with van der Waals surface area (Å²) >= 11 is 0. The average molecular weight is 291 g/mol. The highest BCUT2D eigenvalue weighted by atomic mass is 32.2. The second-order valence-electron chi connectivity index (χ2n) is 5.79. The van der Waals surface area contributed by atoms with Gasteiger partial charge in [-0.2, -0.15) is 0 Å². The number of rotatable bonds is 10. The molecule has 0 bridgehead atoms. The van der Waals surface area contributed by atoms with Gasteiger partial charge in [-0.15, -0.1) is 0 Å². The van der Waals surface area contributed by atoms with Gasteiger partial charge in [0.15, 0.2) is 9.84 Å². The number of ether oxygens (including phenoxy) is 1. The molecule has 1 saturated carbocycles. The molecule has 114 valence electrons. The van der Waals surface area contributed by atoms with E-state index in [0.29, 0.717) is 18.2 Å². The molecular formula is C14H29NO3S. The smallest absolute Gasteiger partial charge is 0.151 e. The van der Waals surface area contributed by atoms with Crippen molar-refractivity contribution in [2.75, 3.05) is 31.2 Å². The Kier molecular flexibility index (Phi) is 7.95. The van der Waals surface area contributed by atoms with E-state index in [1.807, 2.05) is 13.8 Å². The van der Waals surface area contributed by atoms with Gasteiger partial charge in [0, 0.05) is 13.2 Å². The number of hydrogen-bond donors (Lipinski definition) is 1. The summed E-state index contributed by atoms with van der Waals surface area (Å²) in [6.45, 7) is 6.16. The number of hydrogen-bond acceptors (Lipinski definition) is 4. The fourth-order valence-electron chi connectivity index (χ4n) is 2.49. The highest BCUT2D eigenvalue weighted by Crippen LogP contribution is 2.25. The van der Waals surface area contributed by atoms with Gasteiger partial charge in [0.1, 0.15) is 0 Å². The molecule has 1 fully saturated rings. The van der Waals surface area contributed by atoms with Gasteiger partial charge in [0.2, 0.25) is 0 Å². The Morgan fingerprint density at radius 1 is 1.21 bits per heavy atom. The molecule has 0 aromatic rings. The minimum absolute atomic E-state index is 0.270. The molecule has 1 N–H and O–H groups in total. The van der Waals surface area contributed by atoms with Crippen LogP contribution >= 0.6 is 0 Å². The molecule has 0 unspecified atom stereocenters. The van der Waals surface area contributed by atoms with Crippen LogP contribution in [0.25, 0.3) is 0 Å². The molecule has 0 atom stereocenters. The summed E-state index contributed by atoms with van der Waals surface area (Å²) in [6.07, 6.45) is 5.80. The minimum Gasteiger partial charge on any atom is -0.379 e. The lowest BCUT2D eigenvalue weighted by atomic mass is 10.1. The standard InChI is InChI=1S/C14H29NO3S/c1-13(2)18-10-5-8-15-9-11-19(16,17)12-14-6-3-4-7-14/h13-15H,3-12H2,1-2H3. The first-order valence-electron chi connectivity index (χ1n) is 7.52. The van der Waals surface area contributed by atoms with E-state index in [9.17, 15) is 8.42 Å². The van der Waals surface area contributed by atoms with Crippen molar-refractivity contribution < 1.29 is 13.2 Å². The maximum atomic E-state index is 11.9. The first-order valence-corrected chi connectivity index (χ1v) is 9.34. The Morgan fingerprint density at radius 3 is 2.53 bits per heavy atom. The van der Waals surface area contributed by atoms with Gasteiger partial charge in [-0.05, 0) is 45.6 Å². The Morgan fingerprint density at radius 2 is 1.89 bits per heavy atom. The van der Waals surface area contributed by atoms with Crippen LogP contribution in [0.4, 0.5) is 0 Å². The van der Waals surface area contributed by atoms with Gasteiger partial charge in [-0.3, -0.25) is 0 Å². The second kappa shape index (κ2) is 8.93. The Balaban J connectivity index is 2.01. The molecular weight excluding hydrogens is 262 g/mol. The molecule has 4 nitrogen and oxygen atoms in total. The highest BCUT2D eigenvalue weighted by Gasteiger charge is 2.21. The molecule has 0 aliphatic heterocycles. The van der Waals surface area contributed by atoms with E-state index in [-0.39, 0.29) is 11.9 Å². The van der Waals surface area contributed by atoms with Crippen molar-refractivity contribution in [3.8, 4) is 0 Å². The van der Waals surface area contributed by atoms with Crippen LogP contribution in [-0.2, 0) is 14.6 Å². The van der Waals surface area contributed by atoms with Crippen molar-refractivity contribution in [3.05, 3.63) is 0 Å². The van der Waals surface area contributed by atoms with E-state index in [1.165, 1.54) is 12.8 Å². The van der Waals surface area contributed by atoms with E-state index in [2.05, 4.69) is 5.32 Å². The predicted molar refractivity (Wildman–Crippen MR) is 79.2 cm³/mol. The van der Waals surface area contributed by atoms with Crippen molar-refractivity contribution in [2.45, 2.75) is 52.1 Å². The van der Waals surface area contributed by atoms with Gasteiger partial charge in [0.05, 0.1) is 17.6 Å². The Labute approximate surface area is 118 Å². The molecule has 5 heteroatoms. The average Bonchev–Trinajstić information content (AvgIpc) is 2.79. The normalized spacial score (nSPS) is 17.4. The monoisotopic (exact) mass is 291 g/mol. The summed E-state index contributed by atoms with van der Waals surface area (Å²) in [7, 11) is -2.86. The van der Waals surface area contributed by atoms with E-state index in [4.69, 9.17) is 4.74 Å². The SMILES string of the molecule is CC(C)OCCCNCCS(=O)(=O)CC1CCCC1. The summed E-state index contributed by atoms with van der Waals surface area (Å²) < 4.78 is 29.2.